The van der Waals surface area contributed by atoms with Crippen LogP contribution in [0.5, 0.6) is 0 Å². The van der Waals surface area contributed by atoms with Crippen molar-refractivity contribution in [2.24, 2.45) is 0 Å². The first-order chi connectivity index (χ1) is 7.09. The van der Waals surface area contributed by atoms with Crippen LogP contribution in [0.3, 0.4) is 0 Å². The van der Waals surface area contributed by atoms with E-state index in [4.69, 9.17) is 0 Å². The molecule has 0 saturated heterocycles. The topological polar surface area (TPSA) is 33.1 Å². The number of thiazole rings is 1. The Morgan fingerprint density at radius 1 is 1.33 bits per heavy atom. The van der Waals surface area contributed by atoms with Crippen LogP contribution in [0.2, 0.25) is 0 Å². The molecule has 0 aliphatic carbocycles. The molecule has 86 valence electrons. The molecule has 0 radical (unpaired) electrons. The molecule has 0 bridgehead atoms. The average Bonchev–Trinajstić information content (AvgIpc) is 2.51. The van der Waals surface area contributed by atoms with Gasteiger partial charge in [-0.05, 0) is 19.8 Å². The molecule has 0 atom stereocenters. The second kappa shape index (κ2) is 5.61. The highest BCUT2D eigenvalue weighted by atomic mass is 32.1. The maximum atomic E-state index is 10.4. The Kier molecular flexibility index (Phi) is 4.74. The molecule has 0 fully saturated rings. The second-order valence-electron chi connectivity index (χ2n) is 4.26. The predicted molar refractivity (Wildman–Crippen MR) is 65.3 cm³/mol. The lowest BCUT2D eigenvalue weighted by molar-refractivity contribution is 0.0208. The summed E-state index contributed by atoms with van der Waals surface area (Å²) in [7, 11) is 0. The van der Waals surface area contributed by atoms with E-state index in [1.165, 1.54) is 0 Å². The van der Waals surface area contributed by atoms with Gasteiger partial charge in [-0.1, -0.05) is 26.7 Å². The van der Waals surface area contributed by atoms with Gasteiger partial charge in [0, 0.05) is 11.8 Å². The van der Waals surface area contributed by atoms with Crippen LogP contribution in [-0.4, -0.2) is 15.7 Å². The first kappa shape index (κ1) is 12.7. The molecule has 0 aromatic carbocycles. The van der Waals surface area contributed by atoms with Crippen LogP contribution in [-0.2, 0) is 6.42 Å². The van der Waals surface area contributed by atoms with Gasteiger partial charge in [-0.15, -0.1) is 11.3 Å². The summed E-state index contributed by atoms with van der Waals surface area (Å²) in [6, 6.07) is 0. The molecule has 1 aromatic heterocycles. The molecule has 0 aliphatic heterocycles. The molecule has 0 amide bonds. The first-order valence-electron chi connectivity index (χ1n) is 5.73. The van der Waals surface area contributed by atoms with Crippen LogP contribution in [0.4, 0.5) is 0 Å². The Hall–Kier alpha value is -0.410. The summed E-state index contributed by atoms with van der Waals surface area (Å²) in [6.07, 6.45) is 4.51. The van der Waals surface area contributed by atoms with Gasteiger partial charge in [-0.3, -0.25) is 0 Å². The standard InChI is InChI=1S/C12H21NOS/c1-4-6-12(14,7-5-2)8-11-9-15-10(3)13-11/h9,14H,4-8H2,1-3H3. The number of hydrogen-bond acceptors (Lipinski definition) is 3. The second-order valence-corrected chi connectivity index (χ2v) is 5.32. The smallest absolute Gasteiger partial charge is 0.0897 e. The molecular formula is C12H21NOS. The van der Waals surface area contributed by atoms with Crippen molar-refractivity contribution in [2.75, 3.05) is 0 Å². The molecule has 0 saturated carbocycles. The molecule has 2 nitrogen and oxygen atoms in total. The number of aliphatic hydroxyl groups is 1. The molecular weight excluding hydrogens is 206 g/mol. The number of aromatic nitrogens is 1. The molecule has 1 aromatic rings. The molecule has 0 spiro atoms. The molecule has 1 heterocycles. The van der Waals surface area contributed by atoms with Crippen LogP contribution in [0.15, 0.2) is 5.38 Å². The van der Waals surface area contributed by atoms with E-state index < -0.39 is 5.60 Å². The fourth-order valence-electron chi connectivity index (χ4n) is 2.06. The third-order valence-corrected chi connectivity index (χ3v) is 3.43. The van der Waals surface area contributed by atoms with Gasteiger partial charge >= 0.3 is 0 Å². The summed E-state index contributed by atoms with van der Waals surface area (Å²) in [5, 5.41) is 13.6. The SMILES string of the molecule is CCCC(O)(CCC)Cc1csc(C)n1. The van der Waals surface area contributed by atoms with Crippen LogP contribution >= 0.6 is 11.3 Å². The Morgan fingerprint density at radius 2 is 1.93 bits per heavy atom. The Bertz CT molecular complexity index is 290. The number of hydrogen-bond donors (Lipinski definition) is 1. The highest BCUT2D eigenvalue weighted by Gasteiger charge is 2.26. The number of nitrogens with zero attached hydrogens (tertiary/aromatic N) is 1. The molecule has 0 aliphatic rings. The molecule has 0 unspecified atom stereocenters. The monoisotopic (exact) mass is 227 g/mol. The van der Waals surface area contributed by atoms with Gasteiger partial charge < -0.3 is 5.11 Å². The zero-order valence-corrected chi connectivity index (χ0v) is 10.7. The zero-order chi connectivity index (χ0) is 11.3. The van der Waals surface area contributed by atoms with Gasteiger partial charge in [-0.2, -0.15) is 0 Å². The van der Waals surface area contributed by atoms with Gasteiger partial charge in [0.15, 0.2) is 0 Å². The van der Waals surface area contributed by atoms with E-state index in [0.29, 0.717) is 6.42 Å². The summed E-state index contributed by atoms with van der Waals surface area (Å²) in [6.45, 7) is 6.24. The van der Waals surface area contributed by atoms with E-state index >= 15 is 0 Å². The quantitative estimate of drug-likeness (QED) is 0.808. The van der Waals surface area contributed by atoms with Crippen molar-refractivity contribution in [1.29, 1.82) is 0 Å². The molecule has 1 rings (SSSR count). The molecule has 1 N–H and O–H groups in total. The van der Waals surface area contributed by atoms with E-state index in [-0.39, 0.29) is 0 Å². The molecule has 15 heavy (non-hydrogen) atoms. The van der Waals surface area contributed by atoms with Crippen LogP contribution in [0.1, 0.15) is 50.2 Å². The Balaban J connectivity index is 2.65. The minimum Gasteiger partial charge on any atom is -0.389 e. The van der Waals surface area contributed by atoms with Gasteiger partial charge in [0.2, 0.25) is 0 Å². The molecule has 3 heteroatoms. The van der Waals surface area contributed by atoms with Gasteiger partial charge in [0.25, 0.3) is 0 Å². The third kappa shape index (κ3) is 3.92. The summed E-state index contributed by atoms with van der Waals surface area (Å²) in [5.41, 5.74) is 0.506. The van der Waals surface area contributed by atoms with E-state index in [1.54, 1.807) is 11.3 Å². The van der Waals surface area contributed by atoms with E-state index in [0.717, 1.165) is 36.4 Å². The summed E-state index contributed by atoms with van der Waals surface area (Å²) in [4.78, 5) is 4.42. The van der Waals surface area contributed by atoms with Crippen molar-refractivity contribution >= 4 is 11.3 Å². The number of aryl methyl sites for hydroxylation is 1. The van der Waals surface area contributed by atoms with E-state index in [2.05, 4.69) is 24.2 Å². The maximum Gasteiger partial charge on any atom is 0.0897 e. The summed E-state index contributed by atoms with van der Waals surface area (Å²) >= 11 is 1.66. The normalized spacial score (nSPS) is 12.0. The van der Waals surface area contributed by atoms with E-state index in [9.17, 15) is 5.11 Å². The van der Waals surface area contributed by atoms with Crippen molar-refractivity contribution in [3.8, 4) is 0 Å². The largest absolute Gasteiger partial charge is 0.389 e. The lowest BCUT2D eigenvalue weighted by Crippen LogP contribution is -2.31. The Morgan fingerprint density at radius 3 is 2.33 bits per heavy atom. The van der Waals surface area contributed by atoms with Gasteiger partial charge in [-0.25, -0.2) is 4.98 Å². The minimum atomic E-state index is -0.538. The zero-order valence-electron chi connectivity index (χ0n) is 9.92. The van der Waals surface area contributed by atoms with Crippen molar-refractivity contribution in [1.82, 2.24) is 4.98 Å². The fraction of sp³-hybridized carbons (Fsp3) is 0.750. The van der Waals surface area contributed by atoms with Crippen LogP contribution in [0, 0.1) is 6.92 Å². The minimum absolute atomic E-state index is 0.538. The van der Waals surface area contributed by atoms with Crippen molar-refractivity contribution < 1.29 is 5.11 Å². The summed E-state index contributed by atoms with van der Waals surface area (Å²) < 4.78 is 0. The predicted octanol–water partition coefficient (Wildman–Crippen LogP) is 3.33. The van der Waals surface area contributed by atoms with E-state index in [1.807, 2.05) is 6.92 Å². The van der Waals surface area contributed by atoms with Gasteiger partial charge in [0.05, 0.1) is 16.3 Å². The fourth-order valence-corrected chi connectivity index (χ4v) is 2.67. The van der Waals surface area contributed by atoms with Crippen molar-refractivity contribution in [3.63, 3.8) is 0 Å². The summed E-state index contributed by atoms with van der Waals surface area (Å²) in [5.74, 6) is 0. The van der Waals surface area contributed by atoms with Crippen molar-refractivity contribution in [2.45, 2.75) is 58.5 Å². The lowest BCUT2D eigenvalue weighted by Gasteiger charge is -2.26. The third-order valence-electron chi connectivity index (χ3n) is 2.61. The Labute approximate surface area is 96.4 Å². The first-order valence-corrected chi connectivity index (χ1v) is 6.61. The highest BCUT2D eigenvalue weighted by Crippen LogP contribution is 2.25. The number of rotatable bonds is 6. The van der Waals surface area contributed by atoms with Crippen LogP contribution in [0.25, 0.3) is 0 Å². The average molecular weight is 227 g/mol. The van der Waals surface area contributed by atoms with Crippen LogP contribution < -0.4 is 0 Å². The maximum absolute atomic E-state index is 10.4. The highest BCUT2D eigenvalue weighted by molar-refractivity contribution is 7.09. The van der Waals surface area contributed by atoms with Gasteiger partial charge in [0.1, 0.15) is 0 Å². The lowest BCUT2D eigenvalue weighted by atomic mass is 9.88. The van der Waals surface area contributed by atoms with Crippen molar-refractivity contribution in [3.05, 3.63) is 16.1 Å².